The fraction of sp³-hybridized carbons (Fsp3) is 0.467. The molecule has 0 unspecified atom stereocenters. The lowest BCUT2D eigenvalue weighted by molar-refractivity contribution is -0.124. The van der Waals surface area contributed by atoms with Crippen molar-refractivity contribution in [2.24, 2.45) is 0 Å². The molecule has 1 amide bonds. The van der Waals surface area contributed by atoms with Crippen molar-refractivity contribution in [3.63, 3.8) is 0 Å². The summed E-state index contributed by atoms with van der Waals surface area (Å²) < 4.78 is 5.28. The van der Waals surface area contributed by atoms with Gasteiger partial charge >= 0.3 is 0 Å². The van der Waals surface area contributed by atoms with Crippen molar-refractivity contribution in [2.75, 3.05) is 13.7 Å². The molecule has 0 fully saturated rings. The Balaban J connectivity index is 2.42. The van der Waals surface area contributed by atoms with E-state index in [0.717, 1.165) is 17.7 Å². The number of rotatable bonds is 7. The third kappa shape index (κ3) is 5.55. The number of amides is 1. The van der Waals surface area contributed by atoms with Crippen molar-refractivity contribution < 1.29 is 14.3 Å². The van der Waals surface area contributed by atoms with Crippen LogP contribution in [0.4, 0.5) is 0 Å². The zero-order valence-electron chi connectivity index (χ0n) is 11.8. The second-order valence-electron chi connectivity index (χ2n) is 4.62. The fourth-order valence-corrected chi connectivity index (χ4v) is 1.82. The Kier molecular flexibility index (Phi) is 6.06. The molecule has 4 nitrogen and oxygen atoms in total. The predicted molar refractivity (Wildman–Crippen MR) is 74.4 cm³/mol. The summed E-state index contributed by atoms with van der Waals surface area (Å²) in [7, 11) is 1.64. The highest BCUT2D eigenvalue weighted by Crippen LogP contribution is 2.19. The molecule has 0 aliphatic carbocycles. The highest BCUT2D eigenvalue weighted by Gasteiger charge is 2.06. The molecule has 0 spiro atoms. The van der Waals surface area contributed by atoms with Gasteiger partial charge in [0.15, 0.2) is 0 Å². The maximum atomic E-state index is 11.5. The molecule has 1 rings (SSSR count). The van der Waals surface area contributed by atoms with Crippen LogP contribution in [-0.2, 0) is 16.0 Å². The highest BCUT2D eigenvalue weighted by molar-refractivity contribution is 5.83. The summed E-state index contributed by atoms with van der Waals surface area (Å²) in [5.74, 6) is 0.793. The smallest absolute Gasteiger partial charge is 0.220 e. The highest BCUT2D eigenvalue weighted by atomic mass is 16.5. The van der Waals surface area contributed by atoms with Crippen molar-refractivity contribution in [1.29, 1.82) is 0 Å². The first kappa shape index (κ1) is 15.2. The van der Waals surface area contributed by atoms with Crippen LogP contribution in [0.5, 0.6) is 5.75 Å². The van der Waals surface area contributed by atoms with Crippen LogP contribution in [0.15, 0.2) is 18.2 Å². The number of ether oxygens (including phenoxy) is 1. The fourth-order valence-electron chi connectivity index (χ4n) is 1.82. The first-order chi connectivity index (χ1) is 9.02. The molecule has 0 aromatic heterocycles. The summed E-state index contributed by atoms with van der Waals surface area (Å²) >= 11 is 0. The Morgan fingerprint density at radius 3 is 2.63 bits per heavy atom. The SMILES string of the molecule is COc1ccc(C)cc1CCNC(=O)CCC(C)=O. The van der Waals surface area contributed by atoms with Gasteiger partial charge in [-0.2, -0.15) is 0 Å². The second kappa shape index (κ2) is 7.56. The molecule has 104 valence electrons. The molecule has 1 N–H and O–H groups in total. The van der Waals surface area contributed by atoms with Gasteiger partial charge in [0.2, 0.25) is 5.91 Å². The lowest BCUT2D eigenvalue weighted by Gasteiger charge is -2.10. The topological polar surface area (TPSA) is 55.4 Å². The number of aryl methyl sites for hydroxylation is 1. The summed E-state index contributed by atoms with van der Waals surface area (Å²) in [4.78, 5) is 22.2. The van der Waals surface area contributed by atoms with Crippen LogP contribution < -0.4 is 10.1 Å². The van der Waals surface area contributed by atoms with Crippen molar-refractivity contribution >= 4 is 11.7 Å². The van der Waals surface area contributed by atoms with E-state index in [1.54, 1.807) is 7.11 Å². The molecular weight excluding hydrogens is 242 g/mol. The molecule has 0 bridgehead atoms. The Morgan fingerprint density at radius 2 is 2.00 bits per heavy atom. The van der Waals surface area contributed by atoms with Gasteiger partial charge in [0.25, 0.3) is 0 Å². The van der Waals surface area contributed by atoms with Gasteiger partial charge in [0, 0.05) is 19.4 Å². The van der Waals surface area contributed by atoms with E-state index >= 15 is 0 Å². The van der Waals surface area contributed by atoms with Crippen LogP contribution in [0, 0.1) is 6.92 Å². The van der Waals surface area contributed by atoms with Gasteiger partial charge < -0.3 is 14.8 Å². The van der Waals surface area contributed by atoms with E-state index < -0.39 is 0 Å². The van der Waals surface area contributed by atoms with E-state index in [9.17, 15) is 9.59 Å². The number of ketones is 1. The van der Waals surface area contributed by atoms with E-state index in [-0.39, 0.29) is 18.1 Å². The average Bonchev–Trinajstić information content (AvgIpc) is 2.36. The van der Waals surface area contributed by atoms with E-state index in [1.165, 1.54) is 12.5 Å². The maximum absolute atomic E-state index is 11.5. The molecule has 1 aromatic rings. The van der Waals surface area contributed by atoms with E-state index in [4.69, 9.17) is 4.74 Å². The summed E-state index contributed by atoms with van der Waals surface area (Å²) in [5, 5.41) is 2.81. The van der Waals surface area contributed by atoms with Gasteiger partial charge in [-0.15, -0.1) is 0 Å². The van der Waals surface area contributed by atoms with Crippen LogP contribution in [0.1, 0.15) is 30.9 Å². The molecular formula is C15H21NO3. The standard InChI is InChI=1S/C15H21NO3/c1-11-4-6-14(19-3)13(10-11)8-9-16-15(18)7-5-12(2)17/h4,6,10H,5,7-9H2,1-3H3,(H,16,18). The van der Waals surface area contributed by atoms with Crippen LogP contribution in [0.2, 0.25) is 0 Å². The van der Waals surface area contributed by atoms with Gasteiger partial charge in [-0.1, -0.05) is 17.7 Å². The van der Waals surface area contributed by atoms with E-state index in [1.807, 2.05) is 19.1 Å². The monoisotopic (exact) mass is 263 g/mol. The second-order valence-corrected chi connectivity index (χ2v) is 4.62. The van der Waals surface area contributed by atoms with E-state index in [2.05, 4.69) is 11.4 Å². The van der Waals surface area contributed by atoms with Crippen molar-refractivity contribution in [3.8, 4) is 5.75 Å². The molecule has 0 atom stereocenters. The van der Waals surface area contributed by atoms with Crippen LogP contribution in [-0.4, -0.2) is 25.3 Å². The molecule has 0 radical (unpaired) electrons. The van der Waals surface area contributed by atoms with Gasteiger partial charge in [-0.3, -0.25) is 4.79 Å². The van der Waals surface area contributed by atoms with Crippen molar-refractivity contribution in [3.05, 3.63) is 29.3 Å². The third-order valence-electron chi connectivity index (χ3n) is 2.86. The number of methoxy groups -OCH3 is 1. The molecule has 0 saturated carbocycles. The van der Waals surface area contributed by atoms with Crippen molar-refractivity contribution in [2.45, 2.75) is 33.1 Å². The number of hydrogen-bond acceptors (Lipinski definition) is 3. The number of carbonyl (C=O) groups excluding carboxylic acids is 2. The van der Waals surface area contributed by atoms with Crippen LogP contribution >= 0.6 is 0 Å². The minimum Gasteiger partial charge on any atom is -0.496 e. The van der Waals surface area contributed by atoms with Crippen LogP contribution in [0.3, 0.4) is 0 Å². The van der Waals surface area contributed by atoms with E-state index in [0.29, 0.717) is 13.0 Å². The minimum absolute atomic E-state index is 0.0375. The Hall–Kier alpha value is -1.84. The summed E-state index contributed by atoms with van der Waals surface area (Å²) in [5.41, 5.74) is 2.24. The normalized spacial score (nSPS) is 10.1. The zero-order valence-corrected chi connectivity index (χ0v) is 11.8. The molecule has 0 aliphatic rings. The Morgan fingerprint density at radius 1 is 1.26 bits per heavy atom. The lowest BCUT2D eigenvalue weighted by Crippen LogP contribution is -2.25. The summed E-state index contributed by atoms with van der Waals surface area (Å²) in [6, 6.07) is 5.98. The van der Waals surface area contributed by atoms with Gasteiger partial charge in [0.1, 0.15) is 11.5 Å². The summed E-state index contributed by atoms with van der Waals surface area (Å²) in [6.07, 6.45) is 1.29. The first-order valence-electron chi connectivity index (χ1n) is 6.42. The van der Waals surface area contributed by atoms with Crippen molar-refractivity contribution in [1.82, 2.24) is 5.32 Å². The number of Topliss-reactive ketones (excluding diaryl/α,β-unsaturated/α-hetero) is 1. The van der Waals surface area contributed by atoms with Gasteiger partial charge in [-0.25, -0.2) is 0 Å². The Labute approximate surface area is 114 Å². The number of nitrogens with one attached hydrogen (secondary N) is 1. The first-order valence-corrected chi connectivity index (χ1v) is 6.42. The largest absolute Gasteiger partial charge is 0.496 e. The number of carbonyl (C=O) groups is 2. The quantitative estimate of drug-likeness (QED) is 0.819. The average molecular weight is 263 g/mol. The molecule has 0 saturated heterocycles. The summed E-state index contributed by atoms with van der Waals surface area (Å²) in [6.45, 7) is 4.07. The molecule has 4 heteroatoms. The zero-order chi connectivity index (χ0) is 14.3. The number of benzene rings is 1. The van der Waals surface area contributed by atoms with Crippen LogP contribution in [0.25, 0.3) is 0 Å². The molecule has 0 aliphatic heterocycles. The van der Waals surface area contributed by atoms with Gasteiger partial charge in [0.05, 0.1) is 7.11 Å². The molecule has 0 heterocycles. The molecule has 1 aromatic carbocycles. The minimum atomic E-state index is -0.0816. The predicted octanol–water partition coefficient (Wildman–Crippen LogP) is 2.03. The van der Waals surface area contributed by atoms with Gasteiger partial charge in [-0.05, 0) is 31.9 Å². The number of hydrogen-bond donors (Lipinski definition) is 1. The maximum Gasteiger partial charge on any atom is 0.220 e. The third-order valence-corrected chi connectivity index (χ3v) is 2.86. The molecule has 19 heavy (non-hydrogen) atoms. The lowest BCUT2D eigenvalue weighted by atomic mass is 10.1. The Bertz CT molecular complexity index is 455.